The molecule has 0 saturated carbocycles. The Bertz CT molecular complexity index is 516. The second-order valence-corrected chi connectivity index (χ2v) is 6.02. The molecule has 0 spiro atoms. The molecule has 1 unspecified atom stereocenters. The molecule has 1 N–H and O–H groups in total. The average Bonchev–Trinajstić information content (AvgIpc) is 2.88. The Balaban J connectivity index is 2.03. The summed E-state index contributed by atoms with van der Waals surface area (Å²) < 4.78 is 0. The first kappa shape index (κ1) is 13.9. The monoisotopic (exact) mass is 275 g/mol. The van der Waals surface area contributed by atoms with Crippen molar-refractivity contribution in [3.05, 3.63) is 40.2 Å². The Kier molecular flexibility index (Phi) is 4.43. The van der Waals surface area contributed by atoms with Crippen molar-refractivity contribution in [3.63, 3.8) is 0 Å². The van der Waals surface area contributed by atoms with Crippen LogP contribution in [-0.4, -0.2) is 19.1 Å². The Hall–Kier alpha value is -1.55. The zero-order chi connectivity index (χ0) is 13.8. The van der Waals surface area contributed by atoms with Crippen LogP contribution in [0.5, 0.6) is 0 Å². The number of thiophene rings is 1. The SMILES string of the molecule is CCc1ccc(C(C)Nc2ccc(N(C)C)nc2)s1. The van der Waals surface area contributed by atoms with Crippen molar-refractivity contribution in [2.75, 3.05) is 24.3 Å². The predicted molar refractivity (Wildman–Crippen MR) is 84.3 cm³/mol. The Morgan fingerprint density at radius 2 is 2.05 bits per heavy atom. The van der Waals surface area contributed by atoms with E-state index in [1.165, 1.54) is 9.75 Å². The second kappa shape index (κ2) is 6.06. The Labute approximate surface area is 119 Å². The van der Waals surface area contributed by atoms with E-state index >= 15 is 0 Å². The quantitative estimate of drug-likeness (QED) is 0.895. The van der Waals surface area contributed by atoms with Crippen LogP contribution in [0.25, 0.3) is 0 Å². The molecule has 2 heterocycles. The van der Waals surface area contributed by atoms with E-state index in [9.17, 15) is 0 Å². The number of nitrogens with one attached hydrogen (secondary N) is 1. The summed E-state index contributed by atoms with van der Waals surface area (Å²) in [7, 11) is 3.99. The third-order valence-electron chi connectivity index (χ3n) is 3.05. The summed E-state index contributed by atoms with van der Waals surface area (Å²) in [6.07, 6.45) is 3.00. The molecular formula is C15H21N3S. The minimum Gasteiger partial charge on any atom is -0.376 e. The summed E-state index contributed by atoms with van der Waals surface area (Å²) in [5.74, 6) is 0.975. The molecule has 4 heteroatoms. The lowest BCUT2D eigenvalue weighted by Crippen LogP contribution is -2.11. The fourth-order valence-corrected chi connectivity index (χ4v) is 2.83. The van der Waals surface area contributed by atoms with Crippen LogP contribution >= 0.6 is 11.3 Å². The van der Waals surface area contributed by atoms with Crippen molar-refractivity contribution < 1.29 is 0 Å². The van der Waals surface area contributed by atoms with Crippen LogP contribution in [0.2, 0.25) is 0 Å². The van der Waals surface area contributed by atoms with Crippen LogP contribution in [0.3, 0.4) is 0 Å². The van der Waals surface area contributed by atoms with Gasteiger partial charge >= 0.3 is 0 Å². The highest BCUT2D eigenvalue weighted by Crippen LogP contribution is 2.26. The van der Waals surface area contributed by atoms with Crippen molar-refractivity contribution in [2.45, 2.75) is 26.3 Å². The molecular weight excluding hydrogens is 254 g/mol. The first-order valence-corrected chi connectivity index (χ1v) is 7.40. The second-order valence-electron chi connectivity index (χ2n) is 4.82. The zero-order valence-corrected chi connectivity index (χ0v) is 12.8. The minimum atomic E-state index is 0.317. The molecule has 1 atom stereocenters. The highest BCUT2D eigenvalue weighted by Gasteiger charge is 2.08. The van der Waals surface area contributed by atoms with Crippen LogP contribution in [0.1, 0.15) is 29.6 Å². The fourth-order valence-electron chi connectivity index (χ4n) is 1.87. The van der Waals surface area contributed by atoms with E-state index in [4.69, 9.17) is 0 Å². The van der Waals surface area contributed by atoms with E-state index in [0.717, 1.165) is 17.9 Å². The van der Waals surface area contributed by atoms with Crippen molar-refractivity contribution in [2.24, 2.45) is 0 Å². The van der Waals surface area contributed by atoms with E-state index in [0.29, 0.717) is 6.04 Å². The molecule has 0 bridgehead atoms. The predicted octanol–water partition coefficient (Wildman–Crippen LogP) is 3.94. The van der Waals surface area contributed by atoms with E-state index in [1.807, 2.05) is 42.6 Å². The first-order valence-electron chi connectivity index (χ1n) is 6.58. The van der Waals surface area contributed by atoms with Gasteiger partial charge in [0.25, 0.3) is 0 Å². The van der Waals surface area contributed by atoms with Gasteiger partial charge in [-0.2, -0.15) is 0 Å². The largest absolute Gasteiger partial charge is 0.376 e. The lowest BCUT2D eigenvalue weighted by Gasteiger charge is -2.15. The molecule has 3 nitrogen and oxygen atoms in total. The van der Waals surface area contributed by atoms with Gasteiger partial charge in [-0.05, 0) is 37.6 Å². The fraction of sp³-hybridized carbons (Fsp3) is 0.400. The Morgan fingerprint density at radius 3 is 2.58 bits per heavy atom. The standard InChI is InChI=1S/C15H21N3S/c1-5-13-7-8-14(19-13)11(2)17-12-6-9-15(16-10-12)18(3)4/h6-11,17H,5H2,1-4H3. The van der Waals surface area contributed by atoms with Crippen LogP contribution in [0.15, 0.2) is 30.5 Å². The molecule has 2 aromatic rings. The van der Waals surface area contributed by atoms with Crippen LogP contribution in [0.4, 0.5) is 11.5 Å². The number of aromatic nitrogens is 1. The molecule has 102 valence electrons. The van der Waals surface area contributed by atoms with Gasteiger partial charge in [0.05, 0.1) is 17.9 Å². The molecule has 19 heavy (non-hydrogen) atoms. The van der Waals surface area contributed by atoms with E-state index in [1.54, 1.807) is 0 Å². The van der Waals surface area contributed by atoms with Gasteiger partial charge in [-0.3, -0.25) is 0 Å². The summed E-state index contributed by atoms with van der Waals surface area (Å²) in [5.41, 5.74) is 1.06. The van der Waals surface area contributed by atoms with Gasteiger partial charge in [-0.1, -0.05) is 6.92 Å². The molecule has 0 aliphatic heterocycles. The summed E-state index contributed by atoms with van der Waals surface area (Å²) >= 11 is 1.88. The minimum absolute atomic E-state index is 0.317. The van der Waals surface area contributed by atoms with Gasteiger partial charge < -0.3 is 10.2 Å². The van der Waals surface area contributed by atoms with Crippen LogP contribution in [-0.2, 0) is 6.42 Å². The summed E-state index contributed by atoms with van der Waals surface area (Å²) in [6, 6.07) is 8.85. The number of hydrogen-bond donors (Lipinski definition) is 1. The van der Waals surface area contributed by atoms with Crippen LogP contribution in [0, 0.1) is 0 Å². The average molecular weight is 275 g/mol. The van der Waals surface area contributed by atoms with Gasteiger partial charge in [-0.15, -0.1) is 11.3 Å². The molecule has 2 aromatic heterocycles. The van der Waals surface area contributed by atoms with E-state index < -0.39 is 0 Å². The molecule has 2 rings (SSSR count). The van der Waals surface area contributed by atoms with Crippen molar-refractivity contribution in [3.8, 4) is 0 Å². The number of hydrogen-bond acceptors (Lipinski definition) is 4. The highest BCUT2D eigenvalue weighted by atomic mass is 32.1. The van der Waals surface area contributed by atoms with Crippen molar-refractivity contribution in [1.29, 1.82) is 0 Å². The summed E-state index contributed by atoms with van der Waals surface area (Å²) in [4.78, 5) is 9.22. The van der Waals surface area contributed by atoms with E-state index in [2.05, 4.69) is 42.3 Å². The molecule has 0 radical (unpaired) electrons. The topological polar surface area (TPSA) is 28.2 Å². The lowest BCUT2D eigenvalue weighted by molar-refractivity contribution is 0.905. The molecule has 0 aromatic carbocycles. The van der Waals surface area contributed by atoms with Gasteiger partial charge in [0.15, 0.2) is 0 Å². The third-order valence-corrected chi connectivity index (χ3v) is 4.46. The van der Waals surface area contributed by atoms with Crippen molar-refractivity contribution in [1.82, 2.24) is 4.98 Å². The van der Waals surface area contributed by atoms with Gasteiger partial charge in [0.1, 0.15) is 5.82 Å². The maximum Gasteiger partial charge on any atom is 0.128 e. The molecule has 0 amide bonds. The Morgan fingerprint density at radius 1 is 1.26 bits per heavy atom. The van der Waals surface area contributed by atoms with Gasteiger partial charge in [0, 0.05) is 23.8 Å². The van der Waals surface area contributed by atoms with Crippen molar-refractivity contribution >= 4 is 22.8 Å². The maximum atomic E-state index is 4.41. The maximum absolute atomic E-state index is 4.41. The third kappa shape index (κ3) is 3.47. The molecule has 0 fully saturated rings. The zero-order valence-electron chi connectivity index (χ0n) is 12.0. The number of nitrogens with zero attached hydrogens (tertiary/aromatic N) is 2. The molecule has 0 saturated heterocycles. The normalized spacial score (nSPS) is 12.2. The number of pyridine rings is 1. The highest BCUT2D eigenvalue weighted by molar-refractivity contribution is 7.12. The van der Waals surface area contributed by atoms with Gasteiger partial charge in [0.2, 0.25) is 0 Å². The number of aryl methyl sites for hydroxylation is 1. The van der Waals surface area contributed by atoms with E-state index in [-0.39, 0.29) is 0 Å². The lowest BCUT2D eigenvalue weighted by atomic mass is 10.2. The smallest absolute Gasteiger partial charge is 0.128 e. The molecule has 0 aliphatic carbocycles. The molecule has 0 aliphatic rings. The number of rotatable bonds is 5. The number of anilines is 2. The van der Waals surface area contributed by atoms with Crippen LogP contribution < -0.4 is 10.2 Å². The summed E-state index contributed by atoms with van der Waals surface area (Å²) in [6.45, 7) is 4.38. The van der Waals surface area contributed by atoms with Gasteiger partial charge in [-0.25, -0.2) is 4.98 Å². The summed E-state index contributed by atoms with van der Waals surface area (Å²) in [5, 5.41) is 3.49. The first-order chi connectivity index (χ1) is 9.10.